The number of halogens is 1. The van der Waals surface area contributed by atoms with Gasteiger partial charge in [0.1, 0.15) is 5.82 Å². The number of nitrogens with zero attached hydrogens (tertiary/aromatic N) is 1. The predicted octanol–water partition coefficient (Wildman–Crippen LogP) is 1.64. The third-order valence-electron chi connectivity index (χ3n) is 3.60. The van der Waals surface area contributed by atoms with Crippen LogP contribution in [0.25, 0.3) is 0 Å². The molecule has 0 aromatic heterocycles. The van der Waals surface area contributed by atoms with Crippen LogP contribution in [0.3, 0.4) is 0 Å². The van der Waals surface area contributed by atoms with E-state index in [0.717, 1.165) is 12.8 Å². The Morgan fingerprint density at radius 1 is 1.45 bits per heavy atom. The Kier molecular flexibility index (Phi) is 4.62. The zero-order valence-corrected chi connectivity index (χ0v) is 12.2. The van der Waals surface area contributed by atoms with Crippen molar-refractivity contribution in [3.05, 3.63) is 29.6 Å². The molecule has 0 amide bonds. The highest BCUT2D eigenvalue weighted by Gasteiger charge is 2.32. The standard InChI is InChI=1S/C13H19FN2O3S/c1-10-12(14)6-4-7-13(10)15-20(18,19)16-8-3-2-5-11(16)9-17/h4,6-7,11,15,17H,2-3,5,8-9H2,1H3. The van der Waals surface area contributed by atoms with Crippen molar-refractivity contribution in [2.75, 3.05) is 17.9 Å². The smallest absolute Gasteiger partial charge is 0.301 e. The van der Waals surface area contributed by atoms with E-state index < -0.39 is 22.1 Å². The minimum Gasteiger partial charge on any atom is -0.395 e. The predicted molar refractivity (Wildman–Crippen MR) is 75.1 cm³/mol. The lowest BCUT2D eigenvalue weighted by atomic mass is 10.1. The first-order valence-corrected chi connectivity index (χ1v) is 8.05. The van der Waals surface area contributed by atoms with E-state index in [4.69, 9.17) is 0 Å². The number of nitrogens with one attached hydrogen (secondary N) is 1. The van der Waals surface area contributed by atoms with Gasteiger partial charge in [-0.25, -0.2) is 4.39 Å². The van der Waals surface area contributed by atoms with E-state index in [1.165, 1.54) is 29.4 Å². The maximum absolute atomic E-state index is 13.5. The normalized spacial score (nSPS) is 20.9. The van der Waals surface area contributed by atoms with Crippen molar-refractivity contribution in [1.29, 1.82) is 0 Å². The van der Waals surface area contributed by atoms with Gasteiger partial charge in [0.15, 0.2) is 0 Å². The summed E-state index contributed by atoms with van der Waals surface area (Å²) in [7, 11) is -3.78. The second-order valence-electron chi connectivity index (χ2n) is 4.96. The SMILES string of the molecule is Cc1c(F)cccc1NS(=O)(=O)N1CCCCC1CO. The minimum atomic E-state index is -3.78. The average molecular weight is 302 g/mol. The molecule has 0 saturated carbocycles. The number of benzene rings is 1. The Morgan fingerprint density at radius 2 is 2.20 bits per heavy atom. The molecule has 1 fully saturated rings. The Morgan fingerprint density at radius 3 is 2.90 bits per heavy atom. The lowest BCUT2D eigenvalue weighted by molar-refractivity contribution is 0.156. The maximum Gasteiger partial charge on any atom is 0.301 e. The van der Waals surface area contributed by atoms with Crippen LogP contribution in [0.1, 0.15) is 24.8 Å². The first-order chi connectivity index (χ1) is 9.45. The molecule has 1 aromatic carbocycles. The van der Waals surface area contributed by atoms with Gasteiger partial charge in [0, 0.05) is 18.2 Å². The molecule has 1 atom stereocenters. The van der Waals surface area contributed by atoms with Gasteiger partial charge < -0.3 is 5.11 Å². The number of rotatable bonds is 4. The molecule has 1 aromatic rings. The van der Waals surface area contributed by atoms with Crippen LogP contribution in [0.4, 0.5) is 10.1 Å². The summed E-state index contributed by atoms with van der Waals surface area (Å²) >= 11 is 0. The van der Waals surface area contributed by atoms with E-state index in [9.17, 15) is 17.9 Å². The van der Waals surface area contributed by atoms with Crippen LogP contribution in [-0.4, -0.2) is 37.0 Å². The number of hydrogen-bond donors (Lipinski definition) is 2. The van der Waals surface area contributed by atoms with Gasteiger partial charge in [-0.3, -0.25) is 4.72 Å². The molecule has 2 rings (SSSR count). The van der Waals surface area contributed by atoms with Crippen molar-refractivity contribution in [3.63, 3.8) is 0 Å². The molecule has 0 spiro atoms. The highest BCUT2D eigenvalue weighted by molar-refractivity contribution is 7.90. The first-order valence-electron chi connectivity index (χ1n) is 6.61. The van der Waals surface area contributed by atoms with Crippen molar-refractivity contribution >= 4 is 15.9 Å². The molecular weight excluding hydrogens is 283 g/mol. The van der Waals surface area contributed by atoms with E-state index in [1.54, 1.807) is 0 Å². The third-order valence-corrected chi connectivity index (χ3v) is 5.18. The summed E-state index contributed by atoms with van der Waals surface area (Å²) < 4.78 is 41.9. The van der Waals surface area contributed by atoms with Crippen molar-refractivity contribution < 1.29 is 17.9 Å². The highest BCUT2D eigenvalue weighted by Crippen LogP contribution is 2.24. The topological polar surface area (TPSA) is 69.6 Å². The zero-order chi connectivity index (χ0) is 14.8. The Bertz CT molecular complexity index is 577. The number of hydrogen-bond acceptors (Lipinski definition) is 3. The summed E-state index contributed by atoms with van der Waals surface area (Å²) in [5, 5.41) is 9.30. The monoisotopic (exact) mass is 302 g/mol. The van der Waals surface area contributed by atoms with Gasteiger partial charge >= 0.3 is 10.2 Å². The number of piperidine rings is 1. The fraction of sp³-hybridized carbons (Fsp3) is 0.538. The zero-order valence-electron chi connectivity index (χ0n) is 11.3. The summed E-state index contributed by atoms with van der Waals surface area (Å²) in [5.41, 5.74) is 0.487. The Hall–Kier alpha value is -1.18. The van der Waals surface area contributed by atoms with Crippen LogP contribution in [0.15, 0.2) is 18.2 Å². The van der Waals surface area contributed by atoms with Gasteiger partial charge in [-0.1, -0.05) is 12.5 Å². The average Bonchev–Trinajstić information content (AvgIpc) is 2.43. The largest absolute Gasteiger partial charge is 0.395 e. The van der Waals surface area contributed by atoms with Crippen LogP contribution in [0.5, 0.6) is 0 Å². The van der Waals surface area contributed by atoms with Gasteiger partial charge in [-0.15, -0.1) is 0 Å². The Balaban J connectivity index is 2.24. The van der Waals surface area contributed by atoms with Crippen LogP contribution >= 0.6 is 0 Å². The molecule has 1 aliphatic rings. The first kappa shape index (κ1) is 15.2. The third kappa shape index (κ3) is 3.11. The molecule has 112 valence electrons. The number of aliphatic hydroxyl groups is 1. The summed E-state index contributed by atoms with van der Waals surface area (Å²) in [6.07, 6.45) is 2.30. The molecule has 1 heterocycles. The molecule has 1 aliphatic heterocycles. The van der Waals surface area contributed by atoms with E-state index in [0.29, 0.717) is 13.0 Å². The molecule has 20 heavy (non-hydrogen) atoms. The van der Waals surface area contributed by atoms with Crippen molar-refractivity contribution in [2.24, 2.45) is 0 Å². The molecule has 0 radical (unpaired) electrons. The summed E-state index contributed by atoms with van der Waals surface area (Å²) in [6.45, 7) is 1.69. The summed E-state index contributed by atoms with van der Waals surface area (Å²) in [4.78, 5) is 0. The molecule has 1 saturated heterocycles. The fourth-order valence-electron chi connectivity index (χ4n) is 2.39. The highest BCUT2D eigenvalue weighted by atomic mass is 32.2. The van der Waals surface area contributed by atoms with Crippen molar-refractivity contribution in [1.82, 2.24) is 4.31 Å². The number of anilines is 1. The fourth-order valence-corrected chi connectivity index (χ4v) is 3.94. The molecule has 2 N–H and O–H groups in total. The van der Waals surface area contributed by atoms with Gasteiger partial charge in [-0.2, -0.15) is 12.7 Å². The molecule has 5 nitrogen and oxygen atoms in total. The van der Waals surface area contributed by atoms with Crippen LogP contribution in [0, 0.1) is 12.7 Å². The summed E-state index contributed by atoms with van der Waals surface area (Å²) in [6, 6.07) is 3.85. The quantitative estimate of drug-likeness (QED) is 0.888. The molecular formula is C13H19FN2O3S. The molecule has 1 unspecified atom stereocenters. The molecule has 7 heteroatoms. The second-order valence-corrected chi connectivity index (χ2v) is 6.59. The molecule has 0 aliphatic carbocycles. The number of aliphatic hydroxyl groups excluding tert-OH is 1. The van der Waals surface area contributed by atoms with Crippen molar-refractivity contribution in [2.45, 2.75) is 32.2 Å². The van der Waals surface area contributed by atoms with E-state index in [-0.39, 0.29) is 17.9 Å². The maximum atomic E-state index is 13.5. The summed E-state index contributed by atoms with van der Waals surface area (Å²) in [5.74, 6) is -0.456. The van der Waals surface area contributed by atoms with Crippen LogP contribution in [-0.2, 0) is 10.2 Å². The van der Waals surface area contributed by atoms with Gasteiger partial charge in [0.2, 0.25) is 0 Å². The lowest BCUT2D eigenvalue weighted by Crippen LogP contribution is -2.48. The Labute approximate surface area is 118 Å². The van der Waals surface area contributed by atoms with Gasteiger partial charge in [0.05, 0.1) is 12.3 Å². The lowest BCUT2D eigenvalue weighted by Gasteiger charge is -2.33. The van der Waals surface area contributed by atoms with Crippen LogP contribution < -0.4 is 4.72 Å². The van der Waals surface area contributed by atoms with E-state index >= 15 is 0 Å². The second kappa shape index (κ2) is 6.07. The van der Waals surface area contributed by atoms with Crippen molar-refractivity contribution in [3.8, 4) is 0 Å². The van der Waals surface area contributed by atoms with Crippen LogP contribution in [0.2, 0.25) is 0 Å². The van der Waals surface area contributed by atoms with Gasteiger partial charge in [-0.05, 0) is 31.9 Å². The van der Waals surface area contributed by atoms with E-state index in [1.807, 2.05) is 0 Å². The van der Waals surface area contributed by atoms with Gasteiger partial charge in [0.25, 0.3) is 0 Å². The minimum absolute atomic E-state index is 0.205. The molecule has 0 bridgehead atoms. The van der Waals surface area contributed by atoms with E-state index in [2.05, 4.69) is 4.72 Å².